The van der Waals surface area contributed by atoms with Crippen LogP contribution in [0.15, 0.2) is 42.5 Å². The van der Waals surface area contributed by atoms with Gasteiger partial charge in [0.05, 0.1) is 21.3 Å². The summed E-state index contributed by atoms with van der Waals surface area (Å²) in [7, 11) is 0. The van der Waals surface area contributed by atoms with E-state index in [0.717, 1.165) is 6.07 Å². The highest BCUT2D eigenvalue weighted by atomic mass is 35.5. The van der Waals surface area contributed by atoms with Gasteiger partial charge in [0, 0.05) is 0 Å². The minimum Gasteiger partial charge on any atom is -0.452 e. The molecule has 0 radical (unpaired) electrons. The normalized spacial score (nSPS) is 10.0. The monoisotopic (exact) mass is 384 g/mol. The Labute approximate surface area is 151 Å². The zero-order valence-corrected chi connectivity index (χ0v) is 14.0. The lowest BCUT2D eigenvalue weighted by molar-refractivity contribution is -0.123. The Balaban J connectivity index is 1.86. The molecular formula is C16H11Cl2FN2O4. The number of halogens is 3. The maximum Gasteiger partial charge on any atom is 0.340 e. The molecule has 0 aliphatic heterocycles. The number of carbonyl (C=O) groups excluding carboxylic acids is 3. The number of anilines is 1. The van der Waals surface area contributed by atoms with E-state index in [1.165, 1.54) is 36.4 Å². The maximum atomic E-state index is 13.4. The van der Waals surface area contributed by atoms with Gasteiger partial charge in [0.1, 0.15) is 5.82 Å². The number of amides is 3. The van der Waals surface area contributed by atoms with Gasteiger partial charge in [0.25, 0.3) is 5.91 Å². The van der Waals surface area contributed by atoms with Crippen LogP contribution in [0.25, 0.3) is 0 Å². The Morgan fingerprint density at radius 1 is 1.04 bits per heavy atom. The number of esters is 1. The third kappa shape index (κ3) is 5.17. The van der Waals surface area contributed by atoms with E-state index in [9.17, 15) is 18.8 Å². The summed E-state index contributed by atoms with van der Waals surface area (Å²) < 4.78 is 18.1. The smallest absolute Gasteiger partial charge is 0.340 e. The Morgan fingerprint density at radius 2 is 1.76 bits per heavy atom. The molecule has 0 spiro atoms. The number of imide groups is 1. The van der Waals surface area contributed by atoms with E-state index in [4.69, 9.17) is 27.9 Å². The Kier molecular flexibility index (Phi) is 6.32. The summed E-state index contributed by atoms with van der Waals surface area (Å²) in [5.74, 6) is -2.44. The number of hydrogen-bond acceptors (Lipinski definition) is 4. The molecule has 0 heterocycles. The third-order valence-electron chi connectivity index (χ3n) is 2.88. The molecule has 3 amide bonds. The summed E-state index contributed by atoms with van der Waals surface area (Å²) in [5.41, 5.74) is -0.117. The SMILES string of the molecule is O=C(COC(=O)c1cccc(Cl)c1Cl)NC(=O)Nc1ccccc1F. The maximum absolute atomic E-state index is 13.4. The topological polar surface area (TPSA) is 84.5 Å². The van der Waals surface area contributed by atoms with E-state index in [2.05, 4.69) is 5.32 Å². The lowest BCUT2D eigenvalue weighted by Gasteiger charge is -2.09. The summed E-state index contributed by atoms with van der Waals surface area (Å²) in [6.45, 7) is -0.730. The van der Waals surface area contributed by atoms with Crippen molar-refractivity contribution in [1.29, 1.82) is 0 Å². The molecule has 2 aromatic rings. The molecule has 2 rings (SSSR count). The number of para-hydroxylation sites is 1. The first-order valence-corrected chi connectivity index (χ1v) is 7.60. The van der Waals surface area contributed by atoms with Crippen molar-refractivity contribution in [1.82, 2.24) is 5.32 Å². The molecular weight excluding hydrogens is 374 g/mol. The predicted octanol–water partition coefficient (Wildman–Crippen LogP) is 3.64. The second kappa shape index (κ2) is 8.46. The molecule has 2 aromatic carbocycles. The Bertz CT molecular complexity index is 830. The van der Waals surface area contributed by atoms with Crippen molar-refractivity contribution in [3.63, 3.8) is 0 Å². The first-order chi connectivity index (χ1) is 11.9. The minimum atomic E-state index is -0.966. The molecule has 9 heteroatoms. The fraction of sp³-hybridized carbons (Fsp3) is 0.0625. The molecule has 0 aliphatic rings. The zero-order valence-electron chi connectivity index (χ0n) is 12.5. The van der Waals surface area contributed by atoms with Crippen molar-refractivity contribution in [3.05, 3.63) is 63.9 Å². The summed E-state index contributed by atoms with van der Waals surface area (Å²) in [4.78, 5) is 35.1. The van der Waals surface area contributed by atoms with E-state index in [1.807, 2.05) is 5.32 Å². The van der Waals surface area contributed by atoms with Gasteiger partial charge in [-0.2, -0.15) is 0 Å². The van der Waals surface area contributed by atoms with E-state index >= 15 is 0 Å². The van der Waals surface area contributed by atoms with Crippen LogP contribution in [0.2, 0.25) is 10.0 Å². The molecule has 2 N–H and O–H groups in total. The lowest BCUT2D eigenvalue weighted by atomic mass is 10.2. The summed E-state index contributed by atoms with van der Waals surface area (Å²) in [6.07, 6.45) is 0. The lowest BCUT2D eigenvalue weighted by Crippen LogP contribution is -2.37. The fourth-order valence-corrected chi connectivity index (χ4v) is 2.13. The van der Waals surface area contributed by atoms with Crippen LogP contribution >= 0.6 is 23.2 Å². The summed E-state index contributed by atoms with van der Waals surface area (Å²) in [5, 5.41) is 4.20. The number of hydrogen-bond donors (Lipinski definition) is 2. The first-order valence-electron chi connectivity index (χ1n) is 6.85. The van der Waals surface area contributed by atoms with Gasteiger partial charge in [0.15, 0.2) is 6.61 Å². The van der Waals surface area contributed by atoms with Crippen molar-refractivity contribution in [2.24, 2.45) is 0 Å². The molecule has 0 bridgehead atoms. The quantitative estimate of drug-likeness (QED) is 0.788. The minimum absolute atomic E-state index is 0.00753. The molecule has 0 unspecified atom stereocenters. The van der Waals surface area contributed by atoms with Gasteiger partial charge in [-0.3, -0.25) is 10.1 Å². The number of nitrogens with one attached hydrogen (secondary N) is 2. The molecule has 25 heavy (non-hydrogen) atoms. The molecule has 6 nitrogen and oxygen atoms in total. The Hall–Kier alpha value is -2.64. The van der Waals surface area contributed by atoms with Gasteiger partial charge in [-0.05, 0) is 24.3 Å². The zero-order chi connectivity index (χ0) is 18.4. The number of carbonyl (C=O) groups is 3. The molecule has 130 valence electrons. The average Bonchev–Trinajstić information content (AvgIpc) is 2.57. The molecule has 0 fully saturated rings. The van der Waals surface area contributed by atoms with E-state index < -0.39 is 30.3 Å². The van der Waals surface area contributed by atoms with E-state index in [1.54, 1.807) is 0 Å². The van der Waals surface area contributed by atoms with Crippen LogP contribution in [0.4, 0.5) is 14.9 Å². The van der Waals surface area contributed by atoms with Gasteiger partial charge in [-0.1, -0.05) is 41.4 Å². The number of urea groups is 1. The van der Waals surface area contributed by atoms with Crippen molar-refractivity contribution >= 4 is 46.8 Å². The van der Waals surface area contributed by atoms with Gasteiger partial charge in [0.2, 0.25) is 0 Å². The molecule has 0 saturated carbocycles. The number of benzene rings is 2. The number of rotatable bonds is 4. The van der Waals surface area contributed by atoms with E-state index in [-0.39, 0.29) is 21.3 Å². The second-order valence-electron chi connectivity index (χ2n) is 4.66. The summed E-state index contributed by atoms with van der Waals surface area (Å²) >= 11 is 11.6. The van der Waals surface area contributed by atoms with Crippen LogP contribution in [-0.4, -0.2) is 24.5 Å². The highest BCUT2D eigenvalue weighted by molar-refractivity contribution is 6.43. The van der Waals surface area contributed by atoms with Gasteiger partial charge in [-0.25, -0.2) is 14.0 Å². The molecule has 0 atom stereocenters. The molecule has 0 saturated heterocycles. The highest BCUT2D eigenvalue weighted by Gasteiger charge is 2.16. The van der Waals surface area contributed by atoms with Crippen LogP contribution in [0.3, 0.4) is 0 Å². The number of ether oxygens (including phenoxy) is 1. The fourth-order valence-electron chi connectivity index (χ4n) is 1.75. The van der Waals surface area contributed by atoms with Crippen LogP contribution in [0.1, 0.15) is 10.4 Å². The van der Waals surface area contributed by atoms with Crippen molar-refractivity contribution in [2.75, 3.05) is 11.9 Å². The van der Waals surface area contributed by atoms with Crippen LogP contribution in [0.5, 0.6) is 0 Å². The second-order valence-corrected chi connectivity index (χ2v) is 5.44. The highest BCUT2D eigenvalue weighted by Crippen LogP contribution is 2.25. The van der Waals surface area contributed by atoms with Crippen molar-refractivity contribution < 1.29 is 23.5 Å². The van der Waals surface area contributed by atoms with Crippen molar-refractivity contribution in [3.8, 4) is 0 Å². The third-order valence-corrected chi connectivity index (χ3v) is 3.70. The van der Waals surface area contributed by atoms with Gasteiger partial charge >= 0.3 is 12.0 Å². The summed E-state index contributed by atoms with van der Waals surface area (Å²) in [6, 6.07) is 8.81. The largest absolute Gasteiger partial charge is 0.452 e. The van der Waals surface area contributed by atoms with Crippen molar-refractivity contribution in [2.45, 2.75) is 0 Å². The van der Waals surface area contributed by atoms with Gasteiger partial charge < -0.3 is 10.1 Å². The molecule has 0 aliphatic carbocycles. The van der Waals surface area contributed by atoms with Crippen LogP contribution in [0, 0.1) is 5.82 Å². The van der Waals surface area contributed by atoms with Crippen LogP contribution < -0.4 is 10.6 Å². The molecule has 0 aromatic heterocycles. The Morgan fingerprint density at radius 3 is 2.48 bits per heavy atom. The predicted molar refractivity (Wildman–Crippen MR) is 90.3 cm³/mol. The first kappa shape index (κ1) is 18.7. The van der Waals surface area contributed by atoms with Gasteiger partial charge in [-0.15, -0.1) is 0 Å². The van der Waals surface area contributed by atoms with Crippen LogP contribution in [-0.2, 0) is 9.53 Å². The standard InChI is InChI=1S/C16H11Cl2FN2O4/c17-10-5-3-4-9(14(10)18)15(23)25-8-13(22)21-16(24)20-12-7-2-1-6-11(12)19/h1-7H,8H2,(H2,20,21,22,24). The average molecular weight is 385 g/mol. The van der Waals surface area contributed by atoms with E-state index in [0.29, 0.717) is 0 Å².